The van der Waals surface area contributed by atoms with E-state index in [0.717, 1.165) is 24.2 Å². The second-order valence-electron chi connectivity index (χ2n) is 4.76. The topological polar surface area (TPSA) is 12.0 Å². The molecule has 1 aromatic rings. The fourth-order valence-electron chi connectivity index (χ4n) is 1.66. The Balaban J connectivity index is 2.52. The van der Waals surface area contributed by atoms with Gasteiger partial charge in [-0.05, 0) is 31.9 Å². The molecule has 0 atom stereocenters. The fraction of sp³-hybridized carbons (Fsp3) is 0.294. The Labute approximate surface area is 111 Å². The lowest BCUT2D eigenvalue weighted by Crippen LogP contribution is -2.11. The van der Waals surface area contributed by atoms with Gasteiger partial charge in [0.2, 0.25) is 0 Å². The molecule has 1 aromatic carbocycles. The van der Waals surface area contributed by atoms with Gasteiger partial charge in [-0.1, -0.05) is 55.5 Å². The molecule has 18 heavy (non-hydrogen) atoms. The van der Waals surface area contributed by atoms with Crippen molar-refractivity contribution < 1.29 is 0 Å². The molecule has 1 heteroatoms. The van der Waals surface area contributed by atoms with Crippen LogP contribution in [0.1, 0.15) is 31.4 Å². The predicted octanol–water partition coefficient (Wildman–Crippen LogP) is 4.51. The van der Waals surface area contributed by atoms with Gasteiger partial charge in [0.05, 0.1) is 0 Å². The summed E-state index contributed by atoms with van der Waals surface area (Å²) >= 11 is 0. The Hall–Kier alpha value is -1.76. The minimum Gasteiger partial charge on any atom is -0.360 e. The second kappa shape index (κ2) is 6.85. The summed E-state index contributed by atoms with van der Waals surface area (Å²) in [4.78, 5) is 0. The standard InChI is InChI=1S/C17H23N/c1-6-13(2)11-15(4)18-16(5)12-17-9-7-14(3)8-10-17/h7-11,18H,4-6,12H2,1-3H3/b13-11-. The minimum absolute atomic E-state index is 0.832. The molecule has 0 amide bonds. The molecule has 0 radical (unpaired) electrons. The summed E-state index contributed by atoms with van der Waals surface area (Å²) in [5.74, 6) is 0. The average Bonchev–Trinajstić information content (AvgIpc) is 2.31. The first-order chi connectivity index (χ1) is 8.51. The van der Waals surface area contributed by atoms with Crippen molar-refractivity contribution in [2.45, 2.75) is 33.6 Å². The van der Waals surface area contributed by atoms with Crippen molar-refractivity contribution >= 4 is 0 Å². The summed E-state index contributed by atoms with van der Waals surface area (Å²) in [6, 6.07) is 8.52. The molecule has 1 N–H and O–H groups in total. The van der Waals surface area contributed by atoms with Gasteiger partial charge < -0.3 is 5.32 Å². The van der Waals surface area contributed by atoms with Crippen LogP contribution in [0.25, 0.3) is 0 Å². The molecule has 0 aliphatic carbocycles. The largest absolute Gasteiger partial charge is 0.360 e. The normalized spacial score (nSPS) is 11.2. The minimum atomic E-state index is 0.832. The van der Waals surface area contributed by atoms with Crippen molar-refractivity contribution in [1.82, 2.24) is 5.32 Å². The van der Waals surface area contributed by atoms with Crippen LogP contribution in [0.3, 0.4) is 0 Å². The second-order valence-corrected chi connectivity index (χ2v) is 4.76. The molecule has 0 aromatic heterocycles. The van der Waals surface area contributed by atoms with E-state index >= 15 is 0 Å². The van der Waals surface area contributed by atoms with Gasteiger partial charge in [-0.2, -0.15) is 0 Å². The van der Waals surface area contributed by atoms with Crippen LogP contribution in [-0.4, -0.2) is 0 Å². The summed E-state index contributed by atoms with van der Waals surface area (Å²) in [7, 11) is 0. The molecular weight excluding hydrogens is 218 g/mol. The predicted molar refractivity (Wildman–Crippen MR) is 80.3 cm³/mol. The lowest BCUT2D eigenvalue weighted by atomic mass is 10.1. The average molecular weight is 241 g/mol. The summed E-state index contributed by atoms with van der Waals surface area (Å²) in [5, 5.41) is 3.24. The Morgan fingerprint density at radius 3 is 2.39 bits per heavy atom. The summed E-state index contributed by atoms with van der Waals surface area (Å²) in [6.07, 6.45) is 3.95. The zero-order valence-corrected chi connectivity index (χ0v) is 11.7. The fourth-order valence-corrected chi connectivity index (χ4v) is 1.66. The number of hydrogen-bond acceptors (Lipinski definition) is 1. The third kappa shape index (κ3) is 5.05. The molecule has 96 valence electrons. The zero-order valence-electron chi connectivity index (χ0n) is 11.7. The maximum Gasteiger partial charge on any atom is 0.0308 e. The van der Waals surface area contributed by atoms with Crippen LogP contribution in [0.5, 0.6) is 0 Å². The molecule has 0 unspecified atom stereocenters. The number of benzene rings is 1. The first kappa shape index (κ1) is 14.3. The van der Waals surface area contributed by atoms with E-state index in [4.69, 9.17) is 0 Å². The SMILES string of the molecule is C=C(/C=C(/C)CC)NC(=C)Cc1ccc(C)cc1. The molecule has 0 saturated heterocycles. The van der Waals surface area contributed by atoms with E-state index < -0.39 is 0 Å². The van der Waals surface area contributed by atoms with Crippen LogP contribution in [0.2, 0.25) is 0 Å². The van der Waals surface area contributed by atoms with E-state index in [-0.39, 0.29) is 0 Å². The molecule has 0 bridgehead atoms. The maximum atomic E-state index is 4.04. The van der Waals surface area contributed by atoms with E-state index in [9.17, 15) is 0 Å². The van der Waals surface area contributed by atoms with E-state index in [2.05, 4.69) is 69.6 Å². The van der Waals surface area contributed by atoms with E-state index in [1.54, 1.807) is 0 Å². The highest BCUT2D eigenvalue weighted by atomic mass is 14.9. The van der Waals surface area contributed by atoms with E-state index in [0.29, 0.717) is 0 Å². The van der Waals surface area contributed by atoms with Gasteiger partial charge in [0, 0.05) is 17.8 Å². The number of rotatable bonds is 6. The molecule has 0 aliphatic heterocycles. The molecule has 0 heterocycles. The van der Waals surface area contributed by atoms with Gasteiger partial charge in [0.25, 0.3) is 0 Å². The first-order valence-electron chi connectivity index (χ1n) is 6.37. The van der Waals surface area contributed by atoms with Gasteiger partial charge >= 0.3 is 0 Å². The van der Waals surface area contributed by atoms with Gasteiger partial charge in [-0.3, -0.25) is 0 Å². The number of aryl methyl sites for hydroxylation is 1. The lowest BCUT2D eigenvalue weighted by molar-refractivity contribution is 0.936. The Bertz CT molecular complexity index is 449. The monoisotopic (exact) mass is 241 g/mol. The third-order valence-corrected chi connectivity index (χ3v) is 2.85. The van der Waals surface area contributed by atoms with Crippen LogP contribution < -0.4 is 5.32 Å². The Morgan fingerprint density at radius 2 is 1.83 bits per heavy atom. The Kier molecular flexibility index (Phi) is 5.44. The number of nitrogens with one attached hydrogen (secondary N) is 1. The van der Waals surface area contributed by atoms with Crippen molar-refractivity contribution in [2.75, 3.05) is 0 Å². The molecule has 0 fully saturated rings. The van der Waals surface area contributed by atoms with Gasteiger partial charge in [-0.15, -0.1) is 0 Å². The van der Waals surface area contributed by atoms with Crippen LogP contribution in [-0.2, 0) is 6.42 Å². The summed E-state index contributed by atoms with van der Waals surface area (Å²) < 4.78 is 0. The van der Waals surface area contributed by atoms with Crippen molar-refractivity contribution in [2.24, 2.45) is 0 Å². The van der Waals surface area contributed by atoms with Crippen LogP contribution in [0.15, 0.2) is 60.5 Å². The Morgan fingerprint density at radius 1 is 1.22 bits per heavy atom. The highest BCUT2D eigenvalue weighted by molar-refractivity contribution is 5.27. The van der Waals surface area contributed by atoms with Gasteiger partial charge in [-0.25, -0.2) is 0 Å². The number of hydrogen-bond donors (Lipinski definition) is 1. The van der Waals surface area contributed by atoms with Crippen molar-refractivity contribution in [3.8, 4) is 0 Å². The molecular formula is C17H23N. The zero-order chi connectivity index (χ0) is 13.5. The lowest BCUT2D eigenvalue weighted by Gasteiger charge is -2.10. The van der Waals surface area contributed by atoms with Crippen molar-refractivity contribution in [1.29, 1.82) is 0 Å². The molecule has 0 saturated carbocycles. The first-order valence-corrected chi connectivity index (χ1v) is 6.37. The summed E-state index contributed by atoms with van der Waals surface area (Å²) in [5.41, 5.74) is 5.75. The highest BCUT2D eigenvalue weighted by Gasteiger charge is 1.98. The van der Waals surface area contributed by atoms with Gasteiger partial charge in [0.15, 0.2) is 0 Å². The smallest absolute Gasteiger partial charge is 0.0308 e. The summed E-state index contributed by atoms with van der Waals surface area (Å²) in [6.45, 7) is 14.4. The van der Waals surface area contributed by atoms with Crippen LogP contribution >= 0.6 is 0 Å². The highest BCUT2D eigenvalue weighted by Crippen LogP contribution is 2.09. The van der Waals surface area contributed by atoms with Crippen LogP contribution in [0, 0.1) is 6.92 Å². The number of allylic oxidation sites excluding steroid dienone is 3. The maximum absolute atomic E-state index is 4.04. The van der Waals surface area contributed by atoms with Gasteiger partial charge in [0.1, 0.15) is 0 Å². The third-order valence-electron chi connectivity index (χ3n) is 2.85. The molecule has 0 spiro atoms. The van der Waals surface area contributed by atoms with Crippen LogP contribution in [0.4, 0.5) is 0 Å². The van der Waals surface area contributed by atoms with E-state index in [1.165, 1.54) is 16.7 Å². The molecule has 1 rings (SSSR count). The molecule has 0 aliphatic rings. The molecule has 1 nitrogen and oxygen atoms in total. The van der Waals surface area contributed by atoms with E-state index in [1.807, 2.05) is 0 Å². The van der Waals surface area contributed by atoms with Crippen molar-refractivity contribution in [3.63, 3.8) is 0 Å². The quantitative estimate of drug-likeness (QED) is 0.722. The van der Waals surface area contributed by atoms with Crippen molar-refractivity contribution in [3.05, 3.63) is 71.6 Å².